The molecule has 3 saturated heterocycles. The zero-order chi connectivity index (χ0) is 26.7. The molecule has 2 aromatic rings. The molecular formula is C28H29NO8. The number of carboxylic acid groups (broad SMARTS) is 1. The molecule has 0 aromatic heterocycles. The second kappa shape index (κ2) is 10.5. The molecule has 2 aromatic carbocycles. The minimum Gasteiger partial charge on any atom is -0.504 e. The lowest BCUT2D eigenvalue weighted by Crippen LogP contribution is -2.69. The lowest BCUT2D eigenvalue weighted by atomic mass is 9.57. The Kier molecular flexibility index (Phi) is 7.35. The van der Waals surface area contributed by atoms with Crippen LogP contribution in [0.3, 0.4) is 0 Å². The van der Waals surface area contributed by atoms with Crippen LogP contribution in [-0.4, -0.2) is 71.1 Å². The number of ketones is 2. The predicted molar refractivity (Wildman–Crippen MR) is 136 cm³/mol. The Morgan fingerprint density at radius 3 is 1.73 bits per heavy atom. The molecule has 5 rings (SSSR count). The van der Waals surface area contributed by atoms with Crippen LogP contribution >= 0.6 is 0 Å². The predicted octanol–water partition coefficient (Wildman–Crippen LogP) is 3.15. The molecule has 0 saturated carbocycles. The van der Waals surface area contributed by atoms with E-state index in [4.69, 9.17) is 9.47 Å². The number of ether oxygens (including phenoxy) is 2. The van der Waals surface area contributed by atoms with Crippen molar-refractivity contribution < 1.29 is 39.2 Å². The quantitative estimate of drug-likeness (QED) is 0.346. The van der Waals surface area contributed by atoms with Crippen LogP contribution in [0, 0.1) is 11.3 Å². The zero-order valence-corrected chi connectivity index (χ0v) is 20.6. The van der Waals surface area contributed by atoms with Crippen molar-refractivity contribution in [3.63, 3.8) is 0 Å². The average molecular weight is 508 g/mol. The molecule has 1 unspecified atom stereocenters. The van der Waals surface area contributed by atoms with Crippen molar-refractivity contribution in [1.29, 1.82) is 0 Å². The van der Waals surface area contributed by atoms with E-state index in [0.29, 0.717) is 37.1 Å². The molecule has 3 N–H and O–H groups in total. The van der Waals surface area contributed by atoms with Crippen molar-refractivity contribution in [2.24, 2.45) is 11.3 Å². The third-order valence-corrected chi connectivity index (χ3v) is 7.28. The lowest BCUT2D eigenvalue weighted by Gasteiger charge is -2.54. The Bertz CT molecular complexity index is 1200. The first kappa shape index (κ1) is 26.0. The van der Waals surface area contributed by atoms with Crippen LogP contribution in [0.4, 0.5) is 0 Å². The number of allylic oxidation sites excluding steroid dienone is 2. The first-order valence-corrected chi connectivity index (χ1v) is 11.9. The summed E-state index contributed by atoms with van der Waals surface area (Å²) < 4.78 is 10.2. The number of benzene rings is 2. The number of phenols is 2. The second-order valence-corrected chi connectivity index (χ2v) is 9.18. The number of hydrogen-bond donors (Lipinski definition) is 3. The normalized spacial score (nSPS) is 22.3. The minimum atomic E-state index is -1.79. The van der Waals surface area contributed by atoms with Gasteiger partial charge in [0.2, 0.25) is 0 Å². The summed E-state index contributed by atoms with van der Waals surface area (Å²) in [7, 11) is 2.81. The number of hydrogen-bond acceptors (Lipinski definition) is 8. The maximum atomic E-state index is 13.9. The highest BCUT2D eigenvalue weighted by Crippen LogP contribution is 2.49. The van der Waals surface area contributed by atoms with E-state index in [2.05, 4.69) is 0 Å². The van der Waals surface area contributed by atoms with E-state index in [1.165, 1.54) is 62.8 Å². The molecule has 3 aliphatic rings. The Morgan fingerprint density at radius 1 is 0.865 bits per heavy atom. The van der Waals surface area contributed by atoms with E-state index in [0.717, 1.165) is 0 Å². The van der Waals surface area contributed by atoms with Crippen LogP contribution in [-0.2, 0) is 14.4 Å². The molecular weight excluding hydrogens is 478 g/mol. The summed E-state index contributed by atoms with van der Waals surface area (Å²) in [5.74, 6) is -2.49. The van der Waals surface area contributed by atoms with Crippen molar-refractivity contribution in [3.05, 3.63) is 59.7 Å². The van der Waals surface area contributed by atoms with Crippen LogP contribution in [0.2, 0.25) is 0 Å². The monoisotopic (exact) mass is 507 g/mol. The van der Waals surface area contributed by atoms with Crippen LogP contribution in [0.5, 0.6) is 23.0 Å². The van der Waals surface area contributed by atoms with Crippen LogP contribution in [0.15, 0.2) is 48.6 Å². The van der Waals surface area contributed by atoms with E-state index in [-0.39, 0.29) is 23.0 Å². The van der Waals surface area contributed by atoms with Gasteiger partial charge in [-0.25, -0.2) is 0 Å². The summed E-state index contributed by atoms with van der Waals surface area (Å²) >= 11 is 0. The van der Waals surface area contributed by atoms with Gasteiger partial charge >= 0.3 is 5.97 Å². The Hall–Kier alpha value is -4.11. The Labute approximate surface area is 214 Å². The molecule has 0 radical (unpaired) electrons. The van der Waals surface area contributed by atoms with Gasteiger partial charge in [0.05, 0.1) is 14.2 Å². The van der Waals surface area contributed by atoms with Crippen LogP contribution in [0.1, 0.15) is 24.0 Å². The summed E-state index contributed by atoms with van der Waals surface area (Å²) in [4.78, 5) is 41.9. The molecule has 0 amide bonds. The topological polar surface area (TPSA) is 134 Å². The molecule has 3 aliphatic heterocycles. The number of aromatic hydroxyl groups is 2. The van der Waals surface area contributed by atoms with Gasteiger partial charge in [0.1, 0.15) is 11.5 Å². The average Bonchev–Trinajstić information content (AvgIpc) is 2.91. The number of methoxy groups -OCH3 is 2. The molecule has 9 nitrogen and oxygen atoms in total. The van der Waals surface area contributed by atoms with Gasteiger partial charge in [-0.3, -0.25) is 19.3 Å². The highest BCUT2D eigenvalue weighted by Gasteiger charge is 2.63. The minimum absolute atomic E-state index is 0.0584. The third-order valence-electron chi connectivity index (χ3n) is 7.28. The number of carbonyl (C=O) groups is 3. The van der Waals surface area contributed by atoms with Crippen molar-refractivity contribution in [1.82, 2.24) is 4.90 Å². The van der Waals surface area contributed by atoms with Gasteiger partial charge in [0.25, 0.3) is 0 Å². The standard InChI is InChI=1S/C28H29NO8/c1-36-22-15-17(3-7-20(22)30)5-9-24(32)28(19-11-13-29(14-12-19)26(28)27(34)35)25(33)10-6-18-4-8-21(31)23(16-18)37-2/h3-10,15-16,19,26,30-31H,11-14H2,1-2H3,(H,34,35)/b9-5+,10-6+. The number of phenolic OH excluding ortho intramolecular Hbond substituents is 2. The molecule has 0 aliphatic carbocycles. The van der Waals surface area contributed by atoms with Crippen LogP contribution in [0.25, 0.3) is 12.2 Å². The highest BCUT2D eigenvalue weighted by atomic mass is 16.5. The number of rotatable bonds is 9. The van der Waals surface area contributed by atoms with Gasteiger partial charge < -0.3 is 24.8 Å². The number of fused-ring (bicyclic) bond motifs is 3. The summed E-state index contributed by atoms with van der Waals surface area (Å²) in [5, 5.41) is 29.9. The fourth-order valence-electron chi connectivity index (χ4n) is 5.48. The zero-order valence-electron chi connectivity index (χ0n) is 20.6. The number of piperidine rings is 3. The summed E-state index contributed by atoms with van der Waals surface area (Å²) in [6.45, 7) is 1.00. The molecule has 1 atom stereocenters. The van der Waals surface area contributed by atoms with Gasteiger partial charge in [-0.15, -0.1) is 0 Å². The van der Waals surface area contributed by atoms with Gasteiger partial charge in [-0.05, 0) is 79.4 Å². The molecule has 0 spiro atoms. The largest absolute Gasteiger partial charge is 0.504 e. The molecule has 3 fully saturated rings. The van der Waals surface area contributed by atoms with Gasteiger partial charge in [0, 0.05) is 0 Å². The van der Waals surface area contributed by atoms with Gasteiger partial charge in [-0.1, -0.05) is 24.3 Å². The second-order valence-electron chi connectivity index (χ2n) is 9.18. The number of nitrogens with zero attached hydrogens (tertiary/aromatic N) is 1. The maximum Gasteiger partial charge on any atom is 0.322 e. The molecule has 3 heterocycles. The molecule has 194 valence electrons. The summed E-state index contributed by atoms with van der Waals surface area (Å²) in [6, 6.07) is 7.80. The van der Waals surface area contributed by atoms with Crippen molar-refractivity contribution >= 4 is 29.7 Å². The van der Waals surface area contributed by atoms with E-state index >= 15 is 0 Å². The molecule has 2 bridgehead atoms. The molecule has 37 heavy (non-hydrogen) atoms. The van der Waals surface area contributed by atoms with Crippen molar-refractivity contribution in [2.75, 3.05) is 27.3 Å². The van der Waals surface area contributed by atoms with Gasteiger partial charge in [0.15, 0.2) is 34.6 Å². The maximum absolute atomic E-state index is 13.9. The first-order chi connectivity index (χ1) is 17.7. The Balaban J connectivity index is 1.74. The number of carboxylic acids is 1. The Morgan fingerprint density at radius 2 is 1.32 bits per heavy atom. The van der Waals surface area contributed by atoms with Gasteiger partial charge in [-0.2, -0.15) is 0 Å². The smallest absolute Gasteiger partial charge is 0.322 e. The van der Waals surface area contributed by atoms with Crippen molar-refractivity contribution in [3.8, 4) is 23.0 Å². The SMILES string of the molecule is COc1cc(/C=C/C(=O)C2(C(=O)/C=C/c3ccc(O)c(OC)c3)C3CCN(CC3)C2C(=O)O)ccc1O. The van der Waals surface area contributed by atoms with E-state index in [9.17, 15) is 29.7 Å². The first-order valence-electron chi connectivity index (χ1n) is 11.9. The van der Waals surface area contributed by atoms with Crippen molar-refractivity contribution in [2.45, 2.75) is 18.9 Å². The van der Waals surface area contributed by atoms with E-state index in [1.807, 2.05) is 0 Å². The van der Waals surface area contributed by atoms with Crippen LogP contribution < -0.4 is 9.47 Å². The van der Waals surface area contributed by atoms with E-state index in [1.54, 1.807) is 17.0 Å². The fraction of sp³-hybridized carbons (Fsp3) is 0.321. The third kappa shape index (κ3) is 4.70. The summed E-state index contributed by atoms with van der Waals surface area (Å²) in [5.41, 5.74) is -0.701. The summed E-state index contributed by atoms with van der Waals surface area (Å²) in [6.07, 6.45) is 6.54. The number of carbonyl (C=O) groups excluding carboxylic acids is 2. The fourth-order valence-corrected chi connectivity index (χ4v) is 5.48. The highest BCUT2D eigenvalue weighted by molar-refractivity contribution is 6.20. The molecule has 9 heteroatoms. The number of aliphatic carboxylic acids is 1. The lowest BCUT2D eigenvalue weighted by molar-refractivity contribution is -0.173. The van der Waals surface area contributed by atoms with E-state index < -0.39 is 34.9 Å².